The van der Waals surface area contributed by atoms with Crippen molar-refractivity contribution >= 4 is 28.7 Å². The third kappa shape index (κ3) is 5.15. The number of anilines is 1. The fourth-order valence-electron chi connectivity index (χ4n) is 4.51. The van der Waals surface area contributed by atoms with E-state index < -0.39 is 23.5 Å². The second-order valence-electron chi connectivity index (χ2n) is 9.76. The molecule has 7 nitrogen and oxygen atoms in total. The molecule has 39 heavy (non-hydrogen) atoms. The Hall–Kier alpha value is -4.43. The van der Waals surface area contributed by atoms with E-state index in [1.54, 1.807) is 43.3 Å². The number of ketones is 1. The Morgan fingerprint density at radius 2 is 1.74 bits per heavy atom. The van der Waals surface area contributed by atoms with Gasteiger partial charge < -0.3 is 14.9 Å². The van der Waals surface area contributed by atoms with Crippen LogP contribution in [-0.2, 0) is 4.79 Å². The van der Waals surface area contributed by atoms with Crippen LogP contribution in [0.25, 0.3) is 10.6 Å². The normalized spacial score (nSPS) is 15.3. The van der Waals surface area contributed by atoms with Crippen molar-refractivity contribution in [3.8, 4) is 22.1 Å². The number of aliphatic hydroxyl groups excluding tert-OH is 1. The van der Waals surface area contributed by atoms with Gasteiger partial charge in [-0.15, -0.1) is 11.3 Å². The predicted molar refractivity (Wildman–Crippen MR) is 151 cm³/mol. The highest BCUT2D eigenvalue weighted by atomic mass is 32.1. The molecule has 1 unspecified atom stereocenters. The van der Waals surface area contributed by atoms with Crippen LogP contribution in [0.4, 0.5) is 5.69 Å². The summed E-state index contributed by atoms with van der Waals surface area (Å²) in [6.45, 7) is 6.39. The molecule has 8 heteroatoms. The summed E-state index contributed by atoms with van der Waals surface area (Å²) in [5, 5.41) is 22.0. The number of aryl methyl sites for hydroxylation is 1. The molecule has 5 rings (SSSR count). The second kappa shape index (κ2) is 10.7. The van der Waals surface area contributed by atoms with Gasteiger partial charge in [0.2, 0.25) is 5.78 Å². The summed E-state index contributed by atoms with van der Waals surface area (Å²) in [6.07, 6.45) is 0. The first-order chi connectivity index (χ1) is 18.7. The first kappa shape index (κ1) is 26.2. The number of Topliss-reactive ketones (excluding diaryl/α,β-unsaturated/α-hetero) is 1. The van der Waals surface area contributed by atoms with Crippen molar-refractivity contribution in [1.82, 2.24) is 4.98 Å². The number of phenols is 1. The topological polar surface area (TPSA) is 100.0 Å². The lowest BCUT2D eigenvalue weighted by atomic mass is 9.94. The maximum absolute atomic E-state index is 14.0. The minimum Gasteiger partial charge on any atom is -0.508 e. The van der Waals surface area contributed by atoms with Crippen molar-refractivity contribution in [3.63, 3.8) is 0 Å². The first-order valence-corrected chi connectivity index (χ1v) is 13.4. The van der Waals surface area contributed by atoms with Crippen molar-refractivity contribution in [1.29, 1.82) is 0 Å². The average Bonchev–Trinajstić information content (AvgIpc) is 3.45. The van der Waals surface area contributed by atoms with Gasteiger partial charge in [0.15, 0.2) is 5.76 Å². The molecule has 0 spiro atoms. The molecular formula is C31H28N2O5S. The number of amides is 1. The van der Waals surface area contributed by atoms with Crippen LogP contribution >= 0.6 is 11.3 Å². The first-order valence-electron chi connectivity index (χ1n) is 12.6. The van der Waals surface area contributed by atoms with Gasteiger partial charge in [0.05, 0.1) is 28.8 Å². The third-order valence-electron chi connectivity index (χ3n) is 6.36. The van der Waals surface area contributed by atoms with E-state index >= 15 is 0 Å². The van der Waals surface area contributed by atoms with Crippen LogP contribution in [0.15, 0.2) is 90.2 Å². The Balaban J connectivity index is 1.56. The molecule has 0 aliphatic carbocycles. The molecule has 4 aromatic rings. The molecule has 1 atom stereocenters. The number of hydrogen-bond donors (Lipinski definition) is 2. The fourth-order valence-corrected chi connectivity index (χ4v) is 5.54. The molecule has 198 valence electrons. The van der Waals surface area contributed by atoms with E-state index in [2.05, 4.69) is 18.8 Å². The van der Waals surface area contributed by atoms with E-state index in [-0.39, 0.29) is 11.3 Å². The molecule has 2 N–H and O–H groups in total. The molecule has 2 heterocycles. The Morgan fingerprint density at radius 1 is 1.03 bits per heavy atom. The number of aromatic hydroxyl groups is 1. The van der Waals surface area contributed by atoms with Gasteiger partial charge in [-0.25, -0.2) is 4.98 Å². The molecule has 1 aliphatic heterocycles. The van der Waals surface area contributed by atoms with Crippen LogP contribution < -0.4 is 9.64 Å². The number of aliphatic hydroxyl groups is 1. The smallest absolute Gasteiger partial charge is 0.294 e. The van der Waals surface area contributed by atoms with Crippen LogP contribution in [0, 0.1) is 12.8 Å². The number of ether oxygens (including phenoxy) is 1. The zero-order valence-electron chi connectivity index (χ0n) is 21.8. The summed E-state index contributed by atoms with van der Waals surface area (Å²) in [4.78, 5) is 33.8. The Kier molecular flexibility index (Phi) is 7.21. The molecule has 1 aliphatic rings. The molecular weight excluding hydrogens is 512 g/mol. The standard InChI is InChI=1S/C31H28N2O5S/c1-18(2)17-38-24-14-12-22(13-15-24)33-26(21-10-7-11-23(34)16-21)25(28(36)31(33)37)27(35)29-19(3)32-30(39-29)20-8-5-4-6-9-20/h4-16,18,26,34,36H,17H2,1-3H3. The summed E-state index contributed by atoms with van der Waals surface area (Å²) in [5.41, 5.74) is 2.29. The summed E-state index contributed by atoms with van der Waals surface area (Å²) in [7, 11) is 0. The molecule has 3 aromatic carbocycles. The van der Waals surface area contributed by atoms with Crippen LogP contribution in [0.2, 0.25) is 0 Å². The summed E-state index contributed by atoms with van der Waals surface area (Å²) >= 11 is 1.22. The minimum atomic E-state index is -0.957. The summed E-state index contributed by atoms with van der Waals surface area (Å²) in [6, 6.07) is 21.8. The number of aromatic nitrogens is 1. The molecule has 0 bridgehead atoms. The number of carbonyl (C=O) groups is 2. The van der Waals surface area contributed by atoms with Gasteiger partial charge in [0, 0.05) is 11.3 Å². The number of rotatable bonds is 8. The van der Waals surface area contributed by atoms with E-state index in [0.717, 1.165) is 5.56 Å². The van der Waals surface area contributed by atoms with Crippen LogP contribution in [-0.4, -0.2) is 33.5 Å². The van der Waals surface area contributed by atoms with Crippen LogP contribution in [0.5, 0.6) is 11.5 Å². The zero-order chi connectivity index (χ0) is 27.7. The molecule has 0 saturated heterocycles. The van der Waals surface area contributed by atoms with Gasteiger partial charge in [-0.3, -0.25) is 14.5 Å². The summed E-state index contributed by atoms with van der Waals surface area (Å²) < 4.78 is 5.77. The molecule has 1 amide bonds. The zero-order valence-corrected chi connectivity index (χ0v) is 22.6. The summed E-state index contributed by atoms with van der Waals surface area (Å²) in [5.74, 6) is -0.820. The van der Waals surface area contributed by atoms with Gasteiger partial charge in [-0.1, -0.05) is 56.3 Å². The number of thiazole rings is 1. The van der Waals surface area contributed by atoms with Gasteiger partial charge >= 0.3 is 0 Å². The van der Waals surface area contributed by atoms with Crippen molar-refractivity contribution in [3.05, 3.63) is 106 Å². The van der Waals surface area contributed by atoms with Crippen molar-refractivity contribution in [2.75, 3.05) is 11.5 Å². The Labute approximate surface area is 230 Å². The number of hydrogen-bond acceptors (Lipinski definition) is 7. The monoisotopic (exact) mass is 540 g/mol. The predicted octanol–water partition coefficient (Wildman–Crippen LogP) is 6.64. The maximum atomic E-state index is 14.0. The lowest BCUT2D eigenvalue weighted by Gasteiger charge is -2.27. The third-order valence-corrected chi connectivity index (χ3v) is 7.57. The van der Waals surface area contributed by atoms with Gasteiger partial charge in [0.1, 0.15) is 16.5 Å². The van der Waals surface area contributed by atoms with E-state index in [9.17, 15) is 19.8 Å². The second-order valence-corrected chi connectivity index (χ2v) is 10.8. The van der Waals surface area contributed by atoms with E-state index in [1.165, 1.54) is 28.4 Å². The molecule has 1 aromatic heterocycles. The lowest BCUT2D eigenvalue weighted by molar-refractivity contribution is -0.117. The van der Waals surface area contributed by atoms with Gasteiger partial charge in [-0.05, 0) is 54.8 Å². The quantitative estimate of drug-likeness (QED) is 0.243. The lowest BCUT2D eigenvalue weighted by Crippen LogP contribution is -2.31. The maximum Gasteiger partial charge on any atom is 0.294 e. The molecule has 0 saturated carbocycles. The Bertz CT molecular complexity index is 1560. The van der Waals surface area contributed by atoms with Crippen LogP contribution in [0.1, 0.15) is 40.8 Å². The van der Waals surface area contributed by atoms with Crippen molar-refractivity contribution in [2.24, 2.45) is 5.92 Å². The number of carbonyl (C=O) groups excluding carboxylic acids is 2. The number of phenolic OH excluding ortho intramolecular Hbond substituents is 1. The SMILES string of the molecule is Cc1nc(-c2ccccc2)sc1C(=O)C1=C(O)C(=O)N(c2ccc(OCC(C)C)cc2)C1c1cccc(O)c1. The Morgan fingerprint density at radius 3 is 2.41 bits per heavy atom. The number of benzene rings is 3. The van der Waals surface area contributed by atoms with Crippen LogP contribution in [0.3, 0.4) is 0 Å². The van der Waals surface area contributed by atoms with Crippen molar-refractivity contribution < 1.29 is 24.5 Å². The molecule has 0 fully saturated rings. The number of nitrogens with zero attached hydrogens (tertiary/aromatic N) is 2. The highest BCUT2D eigenvalue weighted by molar-refractivity contribution is 7.17. The van der Waals surface area contributed by atoms with E-state index in [4.69, 9.17) is 4.74 Å². The van der Waals surface area contributed by atoms with Crippen molar-refractivity contribution in [2.45, 2.75) is 26.8 Å². The highest BCUT2D eigenvalue weighted by Gasteiger charge is 2.45. The highest BCUT2D eigenvalue weighted by Crippen LogP contribution is 2.44. The van der Waals surface area contributed by atoms with Gasteiger partial charge in [0.25, 0.3) is 5.91 Å². The van der Waals surface area contributed by atoms with E-state index in [1.807, 2.05) is 30.3 Å². The van der Waals surface area contributed by atoms with E-state index in [0.29, 0.717) is 45.1 Å². The molecule has 0 radical (unpaired) electrons. The average molecular weight is 541 g/mol. The minimum absolute atomic E-state index is 0.0177. The fraction of sp³-hybridized carbons (Fsp3) is 0.194. The largest absolute Gasteiger partial charge is 0.508 e. The van der Waals surface area contributed by atoms with Gasteiger partial charge in [-0.2, -0.15) is 0 Å².